The van der Waals surface area contributed by atoms with Gasteiger partial charge in [0.2, 0.25) is 5.91 Å². The lowest BCUT2D eigenvalue weighted by Crippen LogP contribution is -2.24. The van der Waals surface area contributed by atoms with Crippen molar-refractivity contribution in [1.29, 1.82) is 0 Å². The van der Waals surface area contributed by atoms with Gasteiger partial charge in [0.1, 0.15) is 0 Å². The molecule has 0 saturated heterocycles. The Bertz CT molecular complexity index is 780. The van der Waals surface area contributed by atoms with Crippen LogP contribution in [0.5, 0.6) is 0 Å². The van der Waals surface area contributed by atoms with Gasteiger partial charge < -0.3 is 9.88 Å². The molecule has 0 unspecified atom stereocenters. The zero-order chi connectivity index (χ0) is 16.8. The van der Waals surface area contributed by atoms with Gasteiger partial charge >= 0.3 is 0 Å². The molecule has 1 aromatic heterocycles. The molecule has 0 radical (unpaired) electrons. The second kappa shape index (κ2) is 7.79. The van der Waals surface area contributed by atoms with Crippen molar-refractivity contribution in [3.63, 3.8) is 0 Å². The van der Waals surface area contributed by atoms with Crippen LogP contribution in [-0.4, -0.2) is 15.5 Å². The summed E-state index contributed by atoms with van der Waals surface area (Å²) >= 11 is 5.84. The van der Waals surface area contributed by atoms with Crippen molar-refractivity contribution in [2.24, 2.45) is 0 Å². The van der Waals surface area contributed by atoms with E-state index in [1.54, 1.807) is 24.7 Å². The summed E-state index contributed by atoms with van der Waals surface area (Å²) in [6, 6.07) is 15.5. The highest BCUT2D eigenvalue weighted by molar-refractivity contribution is 6.30. The van der Waals surface area contributed by atoms with Gasteiger partial charge in [-0.2, -0.15) is 0 Å². The standard InChI is InChI=1S/C19H18ClN3O/c20-18-7-5-15(6-8-18)11-19(24)22-12-16-1-3-17(4-2-16)13-23-10-9-21-14-23/h1-10,14H,11-13H2,(H,22,24). The van der Waals surface area contributed by atoms with E-state index in [0.717, 1.165) is 17.7 Å². The first kappa shape index (κ1) is 16.3. The average Bonchev–Trinajstić information content (AvgIpc) is 3.09. The van der Waals surface area contributed by atoms with Crippen LogP contribution in [0, 0.1) is 0 Å². The molecule has 0 atom stereocenters. The van der Waals surface area contributed by atoms with E-state index in [1.165, 1.54) is 5.56 Å². The van der Waals surface area contributed by atoms with E-state index < -0.39 is 0 Å². The fourth-order valence-electron chi connectivity index (χ4n) is 2.40. The predicted octanol–water partition coefficient (Wildman–Crippen LogP) is 3.44. The van der Waals surface area contributed by atoms with Gasteiger partial charge in [0.15, 0.2) is 0 Å². The van der Waals surface area contributed by atoms with Crippen molar-refractivity contribution >= 4 is 17.5 Å². The highest BCUT2D eigenvalue weighted by Gasteiger charge is 2.04. The number of benzene rings is 2. The number of amides is 1. The summed E-state index contributed by atoms with van der Waals surface area (Å²) in [4.78, 5) is 16.0. The second-order valence-electron chi connectivity index (χ2n) is 5.63. The van der Waals surface area contributed by atoms with E-state index in [9.17, 15) is 4.79 Å². The topological polar surface area (TPSA) is 46.9 Å². The summed E-state index contributed by atoms with van der Waals surface area (Å²) in [6.45, 7) is 1.32. The van der Waals surface area contributed by atoms with Crippen LogP contribution in [0.4, 0.5) is 0 Å². The zero-order valence-electron chi connectivity index (χ0n) is 13.2. The molecule has 0 aliphatic rings. The molecule has 2 aromatic carbocycles. The Morgan fingerprint density at radius 2 is 1.67 bits per heavy atom. The molecule has 3 rings (SSSR count). The minimum Gasteiger partial charge on any atom is -0.352 e. The number of imidazole rings is 1. The monoisotopic (exact) mass is 339 g/mol. The minimum atomic E-state index is -0.000172. The summed E-state index contributed by atoms with van der Waals surface area (Å²) in [5, 5.41) is 3.62. The first-order valence-corrected chi connectivity index (χ1v) is 8.11. The summed E-state index contributed by atoms with van der Waals surface area (Å²) in [5.74, 6) is -0.000172. The number of halogens is 1. The molecule has 0 aliphatic carbocycles. The molecule has 24 heavy (non-hydrogen) atoms. The second-order valence-corrected chi connectivity index (χ2v) is 6.07. The number of hydrogen-bond acceptors (Lipinski definition) is 2. The first-order valence-electron chi connectivity index (χ1n) is 7.74. The fraction of sp³-hybridized carbons (Fsp3) is 0.158. The molecule has 3 aromatic rings. The Kier molecular flexibility index (Phi) is 5.29. The molecule has 0 aliphatic heterocycles. The largest absolute Gasteiger partial charge is 0.352 e. The molecule has 1 N–H and O–H groups in total. The Morgan fingerprint density at radius 3 is 2.33 bits per heavy atom. The summed E-state index contributed by atoms with van der Waals surface area (Å²) in [7, 11) is 0. The third kappa shape index (κ3) is 4.70. The van der Waals surface area contributed by atoms with Gasteiger partial charge in [0, 0.05) is 30.5 Å². The van der Waals surface area contributed by atoms with Crippen molar-refractivity contribution < 1.29 is 4.79 Å². The molecular formula is C19H18ClN3O. The molecule has 0 fully saturated rings. The van der Waals surface area contributed by atoms with Gasteiger partial charge in [-0.1, -0.05) is 48.0 Å². The van der Waals surface area contributed by atoms with Crippen molar-refractivity contribution in [1.82, 2.24) is 14.9 Å². The van der Waals surface area contributed by atoms with E-state index in [2.05, 4.69) is 22.4 Å². The van der Waals surface area contributed by atoms with E-state index in [0.29, 0.717) is 18.0 Å². The number of rotatable bonds is 6. The van der Waals surface area contributed by atoms with Crippen LogP contribution in [0.3, 0.4) is 0 Å². The fourth-order valence-corrected chi connectivity index (χ4v) is 2.53. The Labute approximate surface area is 146 Å². The van der Waals surface area contributed by atoms with Crippen LogP contribution in [0.25, 0.3) is 0 Å². The van der Waals surface area contributed by atoms with Crippen LogP contribution < -0.4 is 5.32 Å². The van der Waals surface area contributed by atoms with Crippen LogP contribution in [-0.2, 0) is 24.3 Å². The van der Waals surface area contributed by atoms with Gasteiger partial charge in [-0.15, -0.1) is 0 Å². The van der Waals surface area contributed by atoms with Crippen LogP contribution in [0.2, 0.25) is 5.02 Å². The van der Waals surface area contributed by atoms with Gasteiger partial charge in [-0.3, -0.25) is 4.79 Å². The molecule has 0 bridgehead atoms. The Morgan fingerprint density at radius 1 is 1.00 bits per heavy atom. The van der Waals surface area contributed by atoms with Crippen LogP contribution in [0.15, 0.2) is 67.3 Å². The third-order valence-electron chi connectivity index (χ3n) is 3.71. The zero-order valence-corrected chi connectivity index (χ0v) is 13.9. The minimum absolute atomic E-state index is 0.000172. The van der Waals surface area contributed by atoms with Crippen LogP contribution >= 0.6 is 11.6 Å². The molecule has 0 spiro atoms. The summed E-state index contributed by atoms with van der Waals surface area (Å²) < 4.78 is 2.02. The van der Waals surface area contributed by atoms with E-state index >= 15 is 0 Å². The Hall–Kier alpha value is -2.59. The van der Waals surface area contributed by atoms with Crippen molar-refractivity contribution in [3.8, 4) is 0 Å². The smallest absolute Gasteiger partial charge is 0.224 e. The molecule has 5 heteroatoms. The van der Waals surface area contributed by atoms with Crippen molar-refractivity contribution in [2.45, 2.75) is 19.5 Å². The van der Waals surface area contributed by atoms with Crippen molar-refractivity contribution in [3.05, 3.63) is 89.0 Å². The predicted molar refractivity (Wildman–Crippen MR) is 94.8 cm³/mol. The molecule has 1 amide bonds. The lowest BCUT2D eigenvalue weighted by molar-refractivity contribution is -0.120. The maximum Gasteiger partial charge on any atom is 0.224 e. The van der Waals surface area contributed by atoms with E-state index in [1.807, 2.05) is 35.0 Å². The lowest BCUT2D eigenvalue weighted by Gasteiger charge is -2.07. The number of carbonyl (C=O) groups excluding carboxylic acids is 1. The quantitative estimate of drug-likeness (QED) is 0.747. The van der Waals surface area contributed by atoms with Gasteiger partial charge in [0.05, 0.1) is 12.7 Å². The van der Waals surface area contributed by atoms with Gasteiger partial charge in [-0.25, -0.2) is 4.98 Å². The number of nitrogens with zero attached hydrogens (tertiary/aromatic N) is 2. The van der Waals surface area contributed by atoms with E-state index in [-0.39, 0.29) is 5.91 Å². The van der Waals surface area contributed by atoms with Gasteiger partial charge in [0.25, 0.3) is 0 Å². The first-order chi connectivity index (χ1) is 11.7. The highest BCUT2D eigenvalue weighted by Crippen LogP contribution is 2.10. The number of hydrogen-bond donors (Lipinski definition) is 1. The Balaban J connectivity index is 1.49. The molecule has 122 valence electrons. The van der Waals surface area contributed by atoms with Gasteiger partial charge in [-0.05, 0) is 28.8 Å². The normalized spacial score (nSPS) is 10.5. The average molecular weight is 340 g/mol. The molecule has 0 saturated carbocycles. The maximum absolute atomic E-state index is 12.0. The molecular weight excluding hydrogens is 322 g/mol. The number of aromatic nitrogens is 2. The van der Waals surface area contributed by atoms with E-state index in [4.69, 9.17) is 11.6 Å². The SMILES string of the molecule is O=C(Cc1ccc(Cl)cc1)NCc1ccc(Cn2ccnc2)cc1. The summed E-state index contributed by atoms with van der Waals surface area (Å²) in [6.07, 6.45) is 5.86. The lowest BCUT2D eigenvalue weighted by atomic mass is 10.1. The number of nitrogens with one attached hydrogen (secondary N) is 1. The third-order valence-corrected chi connectivity index (χ3v) is 3.97. The maximum atomic E-state index is 12.0. The number of carbonyl (C=O) groups is 1. The van der Waals surface area contributed by atoms with Crippen molar-refractivity contribution in [2.75, 3.05) is 0 Å². The molecule has 4 nitrogen and oxygen atoms in total. The highest BCUT2D eigenvalue weighted by atomic mass is 35.5. The summed E-state index contributed by atoms with van der Waals surface area (Å²) in [5.41, 5.74) is 3.23. The molecule has 1 heterocycles. The van der Waals surface area contributed by atoms with Crippen LogP contribution in [0.1, 0.15) is 16.7 Å².